The van der Waals surface area contributed by atoms with Crippen molar-refractivity contribution in [2.75, 3.05) is 6.61 Å². The Morgan fingerprint density at radius 3 is 1.30 bits per heavy atom. The van der Waals surface area contributed by atoms with E-state index in [1.54, 1.807) is 0 Å². The van der Waals surface area contributed by atoms with E-state index in [1.807, 2.05) is 0 Å². The summed E-state index contributed by atoms with van der Waals surface area (Å²) >= 11 is 0. The smallest absolute Gasteiger partial charge is 0.330 e. The lowest BCUT2D eigenvalue weighted by atomic mass is 9.98. The highest BCUT2D eigenvalue weighted by Gasteiger charge is 2.49. The van der Waals surface area contributed by atoms with Gasteiger partial charge in [-0.1, -0.05) is 83.6 Å². The topological polar surface area (TPSA) is 91.6 Å². The molecule has 0 amide bonds. The summed E-state index contributed by atoms with van der Waals surface area (Å²) < 4.78 is 45.3. The number of carbonyl (C=O) groups is 1. The molecular formula is C36H58O8. The minimum absolute atomic E-state index is 0.0490. The average Bonchev–Trinajstić information content (AvgIpc) is 3.94. The van der Waals surface area contributed by atoms with Crippen molar-refractivity contribution < 1.29 is 38.0 Å². The van der Waals surface area contributed by atoms with Crippen molar-refractivity contribution in [1.29, 1.82) is 0 Å². The molecular weight excluding hydrogens is 560 g/mol. The van der Waals surface area contributed by atoms with Gasteiger partial charge in [0.1, 0.15) is 0 Å². The van der Waals surface area contributed by atoms with Crippen molar-refractivity contribution in [2.24, 2.45) is 0 Å². The van der Waals surface area contributed by atoms with Crippen LogP contribution in [0, 0.1) is 0 Å². The number of ether oxygens (including phenoxy) is 7. The van der Waals surface area contributed by atoms with Gasteiger partial charge < -0.3 is 33.2 Å². The van der Waals surface area contributed by atoms with E-state index in [0.717, 1.165) is 77.0 Å². The summed E-state index contributed by atoms with van der Waals surface area (Å²) in [6.07, 6.45) is 26.4. The number of carbonyl (C=O) groups excluding carboxylic acids is 1. The van der Waals surface area contributed by atoms with Crippen LogP contribution in [0.25, 0.3) is 0 Å². The largest absolute Gasteiger partial charge is 0.462 e. The highest BCUT2D eigenvalue weighted by Crippen LogP contribution is 2.41. The molecule has 0 N–H and O–H groups in total. The van der Waals surface area contributed by atoms with E-state index in [9.17, 15) is 4.79 Å². The Kier molecular flexibility index (Phi) is 12.1. The van der Waals surface area contributed by atoms with E-state index in [-0.39, 0.29) is 43.2 Å². The maximum atomic E-state index is 12.2. The van der Waals surface area contributed by atoms with Crippen molar-refractivity contribution in [2.45, 2.75) is 202 Å². The highest BCUT2D eigenvalue weighted by molar-refractivity contribution is 5.81. The minimum Gasteiger partial charge on any atom is -0.462 e. The van der Waals surface area contributed by atoms with Gasteiger partial charge in [0.05, 0.1) is 68.0 Å². The predicted molar refractivity (Wildman–Crippen MR) is 166 cm³/mol. The van der Waals surface area contributed by atoms with Gasteiger partial charge in [-0.15, -0.1) is 0 Å². The molecule has 3 aliphatic heterocycles. The van der Waals surface area contributed by atoms with Gasteiger partial charge in [-0.25, -0.2) is 4.79 Å². The van der Waals surface area contributed by atoms with E-state index in [2.05, 4.69) is 6.58 Å². The zero-order valence-corrected chi connectivity index (χ0v) is 27.0. The number of hydrogen-bond acceptors (Lipinski definition) is 8. The number of hydrogen-bond donors (Lipinski definition) is 0. The van der Waals surface area contributed by atoms with E-state index in [0.29, 0.717) is 24.7 Å². The number of fused-ring (bicyclic) bond motifs is 3. The average molecular weight is 619 g/mol. The highest BCUT2D eigenvalue weighted by atomic mass is 16.9. The molecule has 0 aromatic rings. The first-order valence-electron chi connectivity index (χ1n) is 18.4. The third kappa shape index (κ3) is 10.2. The van der Waals surface area contributed by atoms with Gasteiger partial charge in [0.25, 0.3) is 5.97 Å². The van der Waals surface area contributed by atoms with E-state index >= 15 is 0 Å². The third-order valence-corrected chi connectivity index (χ3v) is 10.7. The van der Waals surface area contributed by atoms with Crippen LogP contribution in [0.1, 0.15) is 141 Å². The molecule has 6 rings (SSSR count). The van der Waals surface area contributed by atoms with Gasteiger partial charge >= 0.3 is 5.97 Å². The molecule has 3 heterocycles. The SMILES string of the molecule is C=CC(=O)OCCC(OC1CCCCCCC2OC2C1)(OC1CCCCCCC2OC2C1)OC1CCCCCCC2OC2C1. The summed E-state index contributed by atoms with van der Waals surface area (Å²) in [6, 6.07) is 0. The Labute approximate surface area is 265 Å². The molecule has 0 aromatic heterocycles. The van der Waals surface area contributed by atoms with Crippen molar-refractivity contribution in [3.63, 3.8) is 0 Å². The molecule has 9 atom stereocenters. The van der Waals surface area contributed by atoms with Crippen LogP contribution in [0.5, 0.6) is 0 Å². The molecule has 0 aromatic carbocycles. The van der Waals surface area contributed by atoms with Crippen LogP contribution in [0.2, 0.25) is 0 Å². The predicted octanol–water partition coefficient (Wildman–Crippen LogP) is 7.45. The van der Waals surface area contributed by atoms with Crippen LogP contribution < -0.4 is 0 Å². The lowest BCUT2D eigenvalue weighted by Gasteiger charge is -2.41. The second kappa shape index (κ2) is 16.2. The Morgan fingerprint density at radius 1 is 0.568 bits per heavy atom. The van der Waals surface area contributed by atoms with Crippen molar-refractivity contribution in [3.8, 4) is 0 Å². The molecule has 3 aliphatic carbocycles. The molecule has 0 radical (unpaired) electrons. The second-order valence-electron chi connectivity index (χ2n) is 14.3. The molecule has 0 spiro atoms. The monoisotopic (exact) mass is 618 g/mol. The lowest BCUT2D eigenvalue weighted by Crippen LogP contribution is -2.49. The summed E-state index contributed by atoms with van der Waals surface area (Å²) in [6.45, 7) is 3.74. The summed E-state index contributed by atoms with van der Waals surface area (Å²) in [4.78, 5) is 12.2. The van der Waals surface area contributed by atoms with Gasteiger partial charge in [0, 0.05) is 25.3 Å². The Bertz CT molecular complexity index is 817. The molecule has 3 saturated heterocycles. The van der Waals surface area contributed by atoms with E-state index < -0.39 is 11.9 Å². The van der Waals surface area contributed by atoms with Gasteiger partial charge in [0.15, 0.2) is 0 Å². The van der Waals surface area contributed by atoms with Gasteiger partial charge in [0.2, 0.25) is 0 Å². The van der Waals surface area contributed by atoms with E-state index in [4.69, 9.17) is 33.2 Å². The minimum atomic E-state index is -1.32. The normalized spacial score (nSPS) is 39.6. The maximum absolute atomic E-state index is 12.2. The summed E-state index contributed by atoms with van der Waals surface area (Å²) in [5.74, 6) is -1.76. The van der Waals surface area contributed by atoms with E-state index in [1.165, 1.54) is 63.9 Å². The van der Waals surface area contributed by atoms with Crippen LogP contribution >= 0.6 is 0 Å². The lowest BCUT2D eigenvalue weighted by molar-refractivity contribution is -0.424. The maximum Gasteiger partial charge on any atom is 0.330 e. The van der Waals surface area contributed by atoms with Crippen molar-refractivity contribution in [1.82, 2.24) is 0 Å². The van der Waals surface area contributed by atoms with Crippen LogP contribution in [-0.2, 0) is 38.0 Å². The Balaban J connectivity index is 1.24. The molecule has 8 nitrogen and oxygen atoms in total. The summed E-state index contributed by atoms with van der Waals surface area (Å²) in [5, 5.41) is 0. The number of epoxide rings is 3. The van der Waals surface area contributed by atoms with Crippen LogP contribution in [0.4, 0.5) is 0 Å². The fraction of sp³-hybridized carbons (Fsp3) is 0.917. The molecule has 6 aliphatic rings. The quantitative estimate of drug-likeness (QED) is 0.108. The molecule has 250 valence electrons. The van der Waals surface area contributed by atoms with Crippen molar-refractivity contribution >= 4 is 5.97 Å². The Morgan fingerprint density at radius 2 is 0.932 bits per heavy atom. The number of rotatable bonds is 10. The zero-order chi connectivity index (χ0) is 30.2. The molecule has 44 heavy (non-hydrogen) atoms. The zero-order valence-electron chi connectivity index (χ0n) is 27.0. The molecule has 3 saturated carbocycles. The van der Waals surface area contributed by atoms with Crippen LogP contribution in [0.15, 0.2) is 12.7 Å². The summed E-state index contributed by atoms with van der Waals surface area (Å²) in [5.41, 5.74) is 0. The van der Waals surface area contributed by atoms with Crippen LogP contribution in [-0.4, -0.2) is 73.5 Å². The third-order valence-electron chi connectivity index (χ3n) is 10.7. The molecule has 8 heteroatoms. The molecule has 9 unspecified atom stereocenters. The first-order valence-corrected chi connectivity index (χ1v) is 18.4. The second-order valence-corrected chi connectivity index (χ2v) is 14.3. The Hall–Kier alpha value is -1.03. The van der Waals surface area contributed by atoms with Gasteiger partial charge in [-0.3, -0.25) is 0 Å². The fourth-order valence-corrected chi connectivity index (χ4v) is 7.94. The van der Waals surface area contributed by atoms with Crippen molar-refractivity contribution in [3.05, 3.63) is 12.7 Å². The van der Waals surface area contributed by atoms with Gasteiger partial charge in [-0.05, 0) is 38.5 Å². The fourth-order valence-electron chi connectivity index (χ4n) is 7.94. The molecule has 6 fully saturated rings. The summed E-state index contributed by atoms with van der Waals surface area (Å²) in [7, 11) is 0. The number of esters is 1. The van der Waals surface area contributed by atoms with Crippen LogP contribution in [0.3, 0.4) is 0 Å². The molecule has 0 bridgehead atoms. The standard InChI is InChI=1S/C36H58O8/c1-2-35(37)38-22-21-36(42-26-15-9-3-6-12-18-29-32(23-26)39-29,43-27-16-10-4-7-13-19-30-33(24-27)40-30)44-28-17-11-5-8-14-20-31-34(25-28)41-31/h2,26-34H,1,3-25H2. The first kappa shape index (κ1) is 32.9. The van der Waals surface area contributed by atoms with Gasteiger partial charge in [-0.2, -0.15) is 0 Å². The first-order chi connectivity index (χ1) is 21.6.